The summed E-state index contributed by atoms with van der Waals surface area (Å²) in [5.41, 5.74) is 3.22. The molecule has 1 rings (SSSR count). The minimum absolute atomic E-state index is 0.500. The molecule has 1 aromatic rings. The maximum absolute atomic E-state index is 8.43. The molecule has 0 spiro atoms. The second kappa shape index (κ2) is 4.11. The predicted octanol–water partition coefficient (Wildman–Crippen LogP) is 3.41. The monoisotopic (exact) mass is 191 g/mol. The van der Waals surface area contributed by atoms with Crippen molar-refractivity contribution in [2.45, 2.75) is 13.8 Å². The average molecular weight is 192 g/mol. The summed E-state index contributed by atoms with van der Waals surface area (Å²) in [6.07, 6.45) is 1.35. The number of allylic oxidation sites excluding steroid dienone is 1. The molecule has 0 N–H and O–H groups in total. The normalized spacial score (nSPS) is 11.1. The first-order valence-electron chi connectivity index (χ1n) is 3.98. The number of aryl methyl sites for hydroxylation is 2. The Balaban J connectivity index is 3.18. The van der Waals surface area contributed by atoms with E-state index in [0.717, 1.165) is 11.1 Å². The van der Waals surface area contributed by atoms with Gasteiger partial charge in [0.1, 0.15) is 0 Å². The molecule has 0 aliphatic carbocycles. The first kappa shape index (κ1) is 9.83. The number of benzene rings is 1. The van der Waals surface area contributed by atoms with E-state index in [-0.39, 0.29) is 0 Å². The maximum Gasteiger partial charge on any atom is 0.0927 e. The summed E-state index contributed by atoms with van der Waals surface area (Å²) in [7, 11) is 0. The molecule has 0 radical (unpaired) electrons. The van der Waals surface area contributed by atoms with Gasteiger partial charge in [-0.2, -0.15) is 5.26 Å². The van der Waals surface area contributed by atoms with Crippen LogP contribution in [0.5, 0.6) is 0 Å². The van der Waals surface area contributed by atoms with Crippen LogP contribution in [0.3, 0.4) is 0 Å². The minimum atomic E-state index is 0.500. The molecule has 0 aromatic heterocycles. The van der Waals surface area contributed by atoms with Crippen molar-refractivity contribution in [3.63, 3.8) is 0 Å². The second-order valence-electron chi connectivity index (χ2n) is 2.94. The van der Waals surface area contributed by atoms with Crippen molar-refractivity contribution in [2.75, 3.05) is 0 Å². The van der Waals surface area contributed by atoms with E-state index in [0.29, 0.717) is 5.03 Å². The molecule has 66 valence electrons. The highest BCUT2D eigenvalue weighted by molar-refractivity contribution is 6.49. The van der Waals surface area contributed by atoms with Gasteiger partial charge in [-0.25, -0.2) is 0 Å². The molecular weight excluding hydrogens is 182 g/mol. The van der Waals surface area contributed by atoms with Crippen molar-refractivity contribution < 1.29 is 0 Å². The first-order valence-corrected chi connectivity index (χ1v) is 4.36. The summed E-state index contributed by atoms with van der Waals surface area (Å²) >= 11 is 5.90. The SMILES string of the molecule is Cc1ccc(/C(Cl)=C/C#N)c(C)c1. The zero-order chi connectivity index (χ0) is 9.84. The van der Waals surface area contributed by atoms with Crippen LogP contribution in [0, 0.1) is 25.2 Å². The van der Waals surface area contributed by atoms with E-state index in [2.05, 4.69) is 0 Å². The van der Waals surface area contributed by atoms with Gasteiger partial charge < -0.3 is 0 Å². The smallest absolute Gasteiger partial charge is 0.0927 e. The largest absolute Gasteiger partial charge is 0.193 e. The number of rotatable bonds is 1. The lowest BCUT2D eigenvalue weighted by molar-refractivity contribution is 1.36. The Kier molecular flexibility index (Phi) is 3.11. The van der Waals surface area contributed by atoms with Crippen molar-refractivity contribution >= 4 is 16.6 Å². The highest BCUT2D eigenvalue weighted by Crippen LogP contribution is 2.22. The van der Waals surface area contributed by atoms with E-state index in [1.54, 1.807) is 0 Å². The molecule has 0 heterocycles. The molecule has 0 fully saturated rings. The Morgan fingerprint density at radius 1 is 1.46 bits per heavy atom. The lowest BCUT2D eigenvalue weighted by atomic mass is 10.1. The van der Waals surface area contributed by atoms with Crippen molar-refractivity contribution in [1.82, 2.24) is 0 Å². The topological polar surface area (TPSA) is 23.8 Å². The summed E-state index contributed by atoms with van der Waals surface area (Å²) in [5, 5.41) is 8.93. The molecule has 0 atom stereocenters. The quantitative estimate of drug-likeness (QED) is 0.625. The van der Waals surface area contributed by atoms with Gasteiger partial charge in [0.05, 0.1) is 11.1 Å². The molecule has 0 saturated carbocycles. The lowest BCUT2D eigenvalue weighted by Gasteiger charge is -2.03. The average Bonchev–Trinajstić information content (AvgIpc) is 2.04. The van der Waals surface area contributed by atoms with Gasteiger partial charge in [-0.3, -0.25) is 0 Å². The van der Waals surface area contributed by atoms with Crippen LogP contribution in [0.15, 0.2) is 24.3 Å². The van der Waals surface area contributed by atoms with E-state index < -0.39 is 0 Å². The third-order valence-corrected chi connectivity index (χ3v) is 2.14. The molecule has 1 nitrogen and oxygen atoms in total. The fourth-order valence-electron chi connectivity index (χ4n) is 1.22. The Morgan fingerprint density at radius 2 is 2.15 bits per heavy atom. The molecule has 0 saturated heterocycles. The van der Waals surface area contributed by atoms with Crippen LogP contribution < -0.4 is 0 Å². The number of halogens is 1. The van der Waals surface area contributed by atoms with Crippen molar-refractivity contribution in [1.29, 1.82) is 5.26 Å². The van der Waals surface area contributed by atoms with Gasteiger partial charge in [0.25, 0.3) is 0 Å². The van der Waals surface area contributed by atoms with Gasteiger partial charge in [0, 0.05) is 6.08 Å². The zero-order valence-corrected chi connectivity index (χ0v) is 8.39. The molecular formula is C11H10ClN. The Hall–Kier alpha value is -1.26. The number of hydrogen-bond acceptors (Lipinski definition) is 1. The fraction of sp³-hybridized carbons (Fsp3) is 0.182. The maximum atomic E-state index is 8.43. The summed E-state index contributed by atoms with van der Waals surface area (Å²) in [6, 6.07) is 7.87. The van der Waals surface area contributed by atoms with Crippen LogP contribution in [-0.4, -0.2) is 0 Å². The molecule has 0 aliphatic rings. The molecule has 2 heteroatoms. The van der Waals surface area contributed by atoms with Crippen LogP contribution in [0.2, 0.25) is 0 Å². The summed E-state index contributed by atoms with van der Waals surface area (Å²) in [6.45, 7) is 4.01. The van der Waals surface area contributed by atoms with Crippen LogP contribution >= 0.6 is 11.6 Å². The molecule has 1 aromatic carbocycles. The predicted molar refractivity (Wildman–Crippen MR) is 55.4 cm³/mol. The van der Waals surface area contributed by atoms with Crippen molar-refractivity contribution in [3.05, 3.63) is 41.0 Å². The van der Waals surface area contributed by atoms with E-state index in [9.17, 15) is 0 Å². The Bertz CT molecular complexity index is 386. The first-order chi connectivity index (χ1) is 6.15. The second-order valence-corrected chi connectivity index (χ2v) is 3.35. The molecule has 0 aliphatic heterocycles. The summed E-state index contributed by atoms with van der Waals surface area (Å²) < 4.78 is 0. The van der Waals surface area contributed by atoms with E-state index in [1.165, 1.54) is 11.6 Å². The van der Waals surface area contributed by atoms with Gasteiger partial charge in [-0.15, -0.1) is 0 Å². The summed E-state index contributed by atoms with van der Waals surface area (Å²) in [5.74, 6) is 0. The Morgan fingerprint density at radius 3 is 2.69 bits per heavy atom. The number of nitrogens with zero attached hydrogens (tertiary/aromatic N) is 1. The van der Waals surface area contributed by atoms with Crippen LogP contribution in [0.1, 0.15) is 16.7 Å². The highest BCUT2D eigenvalue weighted by atomic mass is 35.5. The number of nitriles is 1. The van der Waals surface area contributed by atoms with Gasteiger partial charge in [0.2, 0.25) is 0 Å². The Labute approximate surface area is 83.3 Å². The van der Waals surface area contributed by atoms with E-state index in [1.807, 2.05) is 38.1 Å². The third kappa shape index (κ3) is 2.34. The zero-order valence-electron chi connectivity index (χ0n) is 7.63. The standard InChI is InChI=1S/C11H10ClN/c1-8-3-4-10(9(2)7-8)11(12)5-6-13/h3-5,7H,1-2H3/b11-5-. The van der Waals surface area contributed by atoms with Crippen molar-refractivity contribution in [3.8, 4) is 6.07 Å². The van der Waals surface area contributed by atoms with E-state index >= 15 is 0 Å². The van der Waals surface area contributed by atoms with E-state index in [4.69, 9.17) is 16.9 Å². The fourth-order valence-corrected chi connectivity index (χ4v) is 1.48. The number of hydrogen-bond donors (Lipinski definition) is 0. The van der Waals surface area contributed by atoms with Gasteiger partial charge in [-0.05, 0) is 25.0 Å². The van der Waals surface area contributed by atoms with Gasteiger partial charge >= 0.3 is 0 Å². The molecule has 0 bridgehead atoms. The van der Waals surface area contributed by atoms with Crippen molar-refractivity contribution in [2.24, 2.45) is 0 Å². The molecule has 0 unspecified atom stereocenters. The minimum Gasteiger partial charge on any atom is -0.193 e. The highest BCUT2D eigenvalue weighted by Gasteiger charge is 2.01. The van der Waals surface area contributed by atoms with Crippen LogP contribution in [0.4, 0.5) is 0 Å². The van der Waals surface area contributed by atoms with Crippen LogP contribution in [-0.2, 0) is 0 Å². The molecule has 0 amide bonds. The third-order valence-electron chi connectivity index (χ3n) is 1.83. The lowest BCUT2D eigenvalue weighted by Crippen LogP contribution is -1.84. The van der Waals surface area contributed by atoms with Crippen LogP contribution in [0.25, 0.3) is 5.03 Å². The van der Waals surface area contributed by atoms with Gasteiger partial charge in [0.15, 0.2) is 0 Å². The summed E-state index contributed by atoms with van der Waals surface area (Å²) in [4.78, 5) is 0. The van der Waals surface area contributed by atoms with Gasteiger partial charge in [-0.1, -0.05) is 35.4 Å². The molecule has 13 heavy (non-hydrogen) atoms.